The van der Waals surface area contributed by atoms with Crippen molar-refractivity contribution in [2.45, 2.75) is 0 Å². The molecule has 0 aromatic carbocycles. The molecule has 0 aliphatic rings. The lowest BCUT2D eigenvalue weighted by molar-refractivity contribution is 0.0806. The van der Waals surface area contributed by atoms with E-state index in [-0.39, 0.29) is 18.1 Å². The Hall–Kier alpha value is -1.60. The largest absolute Gasteiger partial charge is 0.327 e. The van der Waals surface area contributed by atoms with Crippen LogP contribution in [0.15, 0.2) is 18.3 Å². The number of carbonyl (C=O) groups is 1. The van der Waals surface area contributed by atoms with E-state index in [2.05, 4.69) is 4.98 Å². The number of carbonyl (C=O) groups excluding carboxylic acids is 1. The number of halogens is 1. The van der Waals surface area contributed by atoms with Gasteiger partial charge in [-0.15, -0.1) is 0 Å². The summed E-state index contributed by atoms with van der Waals surface area (Å²) in [5, 5.41) is 8.87. The Morgan fingerprint density at radius 1 is 1.71 bits per heavy atom. The molecule has 0 aliphatic carbocycles. The summed E-state index contributed by atoms with van der Waals surface area (Å²) in [4.78, 5) is 16.7. The molecular formula is C9H8ClN3O. The van der Waals surface area contributed by atoms with Crippen LogP contribution in [0.2, 0.25) is 5.02 Å². The average molecular weight is 210 g/mol. The molecule has 5 heteroatoms. The number of rotatable bonds is 2. The molecule has 0 atom stereocenters. The highest BCUT2D eigenvalue weighted by atomic mass is 35.5. The van der Waals surface area contributed by atoms with Crippen LogP contribution < -0.4 is 0 Å². The van der Waals surface area contributed by atoms with Gasteiger partial charge in [-0.3, -0.25) is 4.79 Å². The second-order valence-electron chi connectivity index (χ2n) is 2.68. The number of nitriles is 1. The van der Waals surface area contributed by atoms with Gasteiger partial charge in [-0.1, -0.05) is 11.6 Å². The van der Waals surface area contributed by atoms with Gasteiger partial charge < -0.3 is 4.90 Å². The first-order chi connectivity index (χ1) is 6.65. The Morgan fingerprint density at radius 3 is 2.93 bits per heavy atom. The second-order valence-corrected chi connectivity index (χ2v) is 3.12. The van der Waals surface area contributed by atoms with Crippen LogP contribution in [0.1, 0.15) is 10.5 Å². The number of amides is 1. The summed E-state index contributed by atoms with van der Waals surface area (Å²) in [7, 11) is 1.54. The third-order valence-corrected chi connectivity index (χ3v) is 1.82. The van der Waals surface area contributed by atoms with Gasteiger partial charge in [0.1, 0.15) is 12.2 Å². The molecule has 1 aromatic rings. The highest BCUT2D eigenvalue weighted by molar-refractivity contribution is 6.30. The van der Waals surface area contributed by atoms with Crippen LogP contribution in [0.3, 0.4) is 0 Å². The van der Waals surface area contributed by atoms with Crippen LogP contribution in [-0.2, 0) is 0 Å². The minimum Gasteiger partial charge on any atom is -0.327 e. The molecule has 0 unspecified atom stereocenters. The van der Waals surface area contributed by atoms with E-state index >= 15 is 0 Å². The Kier molecular flexibility index (Phi) is 3.43. The van der Waals surface area contributed by atoms with Crippen molar-refractivity contribution in [2.75, 3.05) is 13.6 Å². The van der Waals surface area contributed by atoms with Crippen molar-refractivity contribution < 1.29 is 4.79 Å². The molecule has 0 saturated heterocycles. The van der Waals surface area contributed by atoms with Gasteiger partial charge in [-0.2, -0.15) is 5.26 Å². The lowest BCUT2D eigenvalue weighted by atomic mass is 10.3. The normalized spacial score (nSPS) is 9.21. The van der Waals surface area contributed by atoms with E-state index in [1.54, 1.807) is 13.1 Å². The third-order valence-electron chi connectivity index (χ3n) is 1.60. The first-order valence-corrected chi connectivity index (χ1v) is 4.27. The molecule has 72 valence electrons. The van der Waals surface area contributed by atoms with Gasteiger partial charge >= 0.3 is 0 Å². The molecule has 0 aliphatic heterocycles. The summed E-state index contributed by atoms with van der Waals surface area (Å²) in [5.41, 5.74) is 0.284. The Morgan fingerprint density at radius 2 is 2.43 bits per heavy atom. The molecule has 1 heterocycles. The molecule has 0 saturated carbocycles. The monoisotopic (exact) mass is 209 g/mol. The number of aromatic nitrogens is 1. The van der Waals surface area contributed by atoms with E-state index in [4.69, 9.17) is 16.9 Å². The van der Waals surface area contributed by atoms with E-state index in [0.717, 1.165) is 0 Å². The fourth-order valence-corrected chi connectivity index (χ4v) is 0.988. The number of pyridine rings is 1. The quantitative estimate of drug-likeness (QED) is 0.691. The van der Waals surface area contributed by atoms with Gasteiger partial charge in [-0.25, -0.2) is 4.98 Å². The molecule has 0 fully saturated rings. The van der Waals surface area contributed by atoms with Crippen molar-refractivity contribution in [3.05, 3.63) is 29.0 Å². The Labute approximate surface area is 86.7 Å². The van der Waals surface area contributed by atoms with Crippen LogP contribution >= 0.6 is 11.6 Å². The number of hydrogen-bond donors (Lipinski definition) is 0. The molecule has 0 radical (unpaired) electrons. The van der Waals surface area contributed by atoms with Gasteiger partial charge in [0.05, 0.1) is 11.1 Å². The van der Waals surface area contributed by atoms with Crippen molar-refractivity contribution in [3.63, 3.8) is 0 Å². The second kappa shape index (κ2) is 4.58. The first kappa shape index (κ1) is 10.5. The summed E-state index contributed by atoms with van der Waals surface area (Å²) in [6.07, 6.45) is 1.40. The molecule has 0 spiro atoms. The van der Waals surface area contributed by atoms with Gasteiger partial charge in [-0.05, 0) is 12.1 Å². The zero-order valence-electron chi connectivity index (χ0n) is 7.57. The Balaban J connectivity index is 2.80. The summed E-state index contributed by atoms with van der Waals surface area (Å²) < 4.78 is 0. The predicted octanol–water partition coefficient (Wildman–Crippen LogP) is 1.33. The lowest BCUT2D eigenvalue weighted by Gasteiger charge is -2.11. The van der Waals surface area contributed by atoms with Gasteiger partial charge in [0.25, 0.3) is 5.91 Å². The molecule has 1 aromatic heterocycles. The predicted molar refractivity (Wildman–Crippen MR) is 51.8 cm³/mol. The fraction of sp³-hybridized carbons (Fsp3) is 0.222. The van der Waals surface area contributed by atoms with Gasteiger partial charge in [0.15, 0.2) is 0 Å². The van der Waals surface area contributed by atoms with Crippen LogP contribution in [0.5, 0.6) is 0 Å². The molecule has 4 nitrogen and oxygen atoms in total. The summed E-state index contributed by atoms with van der Waals surface area (Å²) >= 11 is 5.62. The van der Waals surface area contributed by atoms with E-state index in [1.165, 1.54) is 17.2 Å². The maximum atomic E-state index is 11.5. The van der Waals surface area contributed by atoms with Gasteiger partial charge in [0, 0.05) is 13.2 Å². The highest BCUT2D eigenvalue weighted by Crippen LogP contribution is 2.07. The molecule has 0 bridgehead atoms. The van der Waals surface area contributed by atoms with E-state index < -0.39 is 0 Å². The maximum absolute atomic E-state index is 11.5. The minimum absolute atomic E-state index is 0.0448. The molecule has 14 heavy (non-hydrogen) atoms. The lowest BCUT2D eigenvalue weighted by Crippen LogP contribution is -2.27. The summed E-state index contributed by atoms with van der Waals surface area (Å²) in [6.45, 7) is 0.0448. The SMILES string of the molecule is CN(CC#N)C(=O)c1ccc(Cl)cn1. The first-order valence-electron chi connectivity index (χ1n) is 3.89. The van der Waals surface area contributed by atoms with Crippen LogP contribution in [0.4, 0.5) is 0 Å². The van der Waals surface area contributed by atoms with Crippen molar-refractivity contribution >= 4 is 17.5 Å². The minimum atomic E-state index is -0.289. The molecular weight excluding hydrogens is 202 g/mol. The van der Waals surface area contributed by atoms with Crippen molar-refractivity contribution in [2.24, 2.45) is 0 Å². The standard InChI is InChI=1S/C9H8ClN3O/c1-13(5-4-11)9(14)8-3-2-7(10)6-12-8/h2-3,6H,5H2,1H3. The fourth-order valence-electron chi connectivity index (χ4n) is 0.876. The van der Waals surface area contributed by atoms with Crippen molar-refractivity contribution in [1.29, 1.82) is 5.26 Å². The summed E-state index contributed by atoms with van der Waals surface area (Å²) in [5.74, 6) is -0.289. The van der Waals surface area contributed by atoms with Gasteiger partial charge in [0.2, 0.25) is 0 Å². The van der Waals surface area contributed by atoms with E-state index in [0.29, 0.717) is 5.02 Å². The number of nitrogens with zero attached hydrogens (tertiary/aromatic N) is 3. The molecule has 0 N–H and O–H groups in total. The maximum Gasteiger partial charge on any atom is 0.273 e. The summed E-state index contributed by atoms with van der Waals surface area (Å²) in [6, 6.07) is 4.99. The van der Waals surface area contributed by atoms with Crippen molar-refractivity contribution in [1.82, 2.24) is 9.88 Å². The average Bonchev–Trinajstić information content (AvgIpc) is 2.18. The van der Waals surface area contributed by atoms with Crippen molar-refractivity contribution in [3.8, 4) is 6.07 Å². The third kappa shape index (κ3) is 2.44. The van der Waals surface area contributed by atoms with E-state index in [9.17, 15) is 4.79 Å². The zero-order chi connectivity index (χ0) is 10.6. The molecule has 1 rings (SSSR count). The number of hydrogen-bond acceptors (Lipinski definition) is 3. The molecule has 1 amide bonds. The smallest absolute Gasteiger partial charge is 0.273 e. The topological polar surface area (TPSA) is 57.0 Å². The van der Waals surface area contributed by atoms with Crippen LogP contribution in [-0.4, -0.2) is 29.4 Å². The highest BCUT2D eigenvalue weighted by Gasteiger charge is 2.11. The Bertz CT molecular complexity index is 369. The zero-order valence-corrected chi connectivity index (χ0v) is 8.32. The van der Waals surface area contributed by atoms with Crippen LogP contribution in [0, 0.1) is 11.3 Å². The van der Waals surface area contributed by atoms with E-state index in [1.807, 2.05) is 6.07 Å². The van der Waals surface area contributed by atoms with Crippen LogP contribution in [0.25, 0.3) is 0 Å².